The number of ketones is 1. The number of Topliss-reactive ketones (excluding diaryl/α,β-unsaturated/α-hetero) is 1. The summed E-state index contributed by atoms with van der Waals surface area (Å²) in [5, 5.41) is 38.4. The van der Waals surface area contributed by atoms with Crippen molar-refractivity contribution < 1.29 is 15.0 Å². The van der Waals surface area contributed by atoms with Crippen LogP contribution in [-0.2, 0) is 23.3 Å². The van der Waals surface area contributed by atoms with E-state index in [2.05, 4.69) is 16.3 Å². The van der Waals surface area contributed by atoms with E-state index in [1.807, 2.05) is 70.2 Å². The van der Waals surface area contributed by atoms with Crippen LogP contribution in [-0.4, -0.2) is 48.8 Å². The van der Waals surface area contributed by atoms with Gasteiger partial charge >= 0.3 is 0 Å². The smallest absolute Gasteiger partial charge is 0.185 e. The quantitative estimate of drug-likeness (QED) is 0.480. The molecule has 2 aromatic heterocycles. The highest BCUT2D eigenvalue weighted by molar-refractivity contribution is 6.15. The number of allylic oxidation sites excluding steroid dienone is 2. The van der Waals surface area contributed by atoms with Gasteiger partial charge in [0.05, 0.1) is 49.2 Å². The van der Waals surface area contributed by atoms with Crippen LogP contribution in [0, 0.1) is 39.0 Å². The van der Waals surface area contributed by atoms with Crippen LogP contribution < -0.4 is 0 Å². The van der Waals surface area contributed by atoms with Crippen LogP contribution >= 0.6 is 0 Å². The highest BCUT2D eigenvalue weighted by Gasteiger charge is 2.42. The summed E-state index contributed by atoms with van der Waals surface area (Å²) in [6, 6.07) is 12.2. The molecule has 1 atom stereocenters. The number of hydrogen-bond acceptors (Lipinski definition) is 6. The summed E-state index contributed by atoms with van der Waals surface area (Å²) in [5.41, 5.74) is 6.00. The van der Waals surface area contributed by atoms with Gasteiger partial charge in [-0.05, 0) is 58.3 Å². The van der Waals surface area contributed by atoms with Gasteiger partial charge < -0.3 is 10.2 Å². The number of rotatable bonds is 7. The number of aromatic nitrogens is 4. The summed E-state index contributed by atoms with van der Waals surface area (Å²) in [6.45, 7) is 8.29. The van der Waals surface area contributed by atoms with Crippen molar-refractivity contribution in [1.29, 1.82) is 5.26 Å². The topological polar surface area (TPSA) is 117 Å². The SMILES string of the molecule is Cc1nn(CCO)c(C)c1/C=C1/CC(C#N)(c2ccccc2)C/C(=C\c2c(C)nn(CCO)c2C)C1=O. The van der Waals surface area contributed by atoms with E-state index in [1.54, 1.807) is 9.36 Å². The molecule has 0 spiro atoms. The highest BCUT2D eigenvalue weighted by atomic mass is 16.3. The van der Waals surface area contributed by atoms with Gasteiger partial charge in [0.1, 0.15) is 0 Å². The number of nitrogens with zero attached hydrogens (tertiary/aromatic N) is 5. The molecule has 0 aliphatic heterocycles. The standard InChI is InChI=1S/C29H33N5O3/c1-19-26(21(3)33(31-19)10-12-35)14-23-16-29(18-30,25-8-6-5-7-9-25)17-24(28(23)37)15-27-20(2)32-34(11-13-36)22(27)4/h5-9,14-15,35-36H,10-13,16-17H2,1-4H3/b23-14-,24-15+. The Morgan fingerprint density at radius 2 is 1.35 bits per heavy atom. The Hall–Kier alpha value is -3.80. The lowest BCUT2D eigenvalue weighted by molar-refractivity contribution is -0.113. The number of benzene rings is 1. The van der Waals surface area contributed by atoms with Crippen molar-refractivity contribution in [2.45, 2.75) is 59.0 Å². The molecule has 8 heteroatoms. The van der Waals surface area contributed by atoms with Crippen molar-refractivity contribution in [3.8, 4) is 6.07 Å². The van der Waals surface area contributed by atoms with Crippen molar-refractivity contribution in [3.63, 3.8) is 0 Å². The molecule has 1 aliphatic rings. The molecule has 0 radical (unpaired) electrons. The molecule has 1 fully saturated rings. The first-order valence-corrected chi connectivity index (χ1v) is 12.5. The predicted molar refractivity (Wildman–Crippen MR) is 142 cm³/mol. The maximum Gasteiger partial charge on any atom is 0.185 e. The van der Waals surface area contributed by atoms with Gasteiger partial charge in [0.25, 0.3) is 0 Å². The molecule has 37 heavy (non-hydrogen) atoms. The van der Waals surface area contributed by atoms with E-state index < -0.39 is 5.41 Å². The van der Waals surface area contributed by atoms with Crippen LogP contribution in [0.4, 0.5) is 0 Å². The zero-order chi connectivity index (χ0) is 26.7. The van der Waals surface area contributed by atoms with Crippen molar-refractivity contribution >= 4 is 17.9 Å². The van der Waals surface area contributed by atoms with E-state index in [-0.39, 0.29) is 31.8 Å². The van der Waals surface area contributed by atoms with Crippen molar-refractivity contribution in [2.75, 3.05) is 13.2 Å². The van der Waals surface area contributed by atoms with Gasteiger partial charge in [-0.3, -0.25) is 14.2 Å². The number of nitriles is 1. The average Bonchev–Trinajstić information content (AvgIpc) is 3.31. The van der Waals surface area contributed by atoms with Crippen LogP contribution in [0.5, 0.6) is 0 Å². The fourth-order valence-electron chi connectivity index (χ4n) is 5.23. The van der Waals surface area contributed by atoms with E-state index in [0.29, 0.717) is 24.2 Å². The van der Waals surface area contributed by atoms with Crippen LogP contribution in [0.3, 0.4) is 0 Å². The van der Waals surface area contributed by atoms with E-state index in [1.165, 1.54) is 0 Å². The molecule has 192 valence electrons. The lowest BCUT2D eigenvalue weighted by atomic mass is 9.66. The Bertz CT molecular complexity index is 1340. The fourth-order valence-corrected chi connectivity index (χ4v) is 5.23. The summed E-state index contributed by atoms with van der Waals surface area (Å²) in [7, 11) is 0. The second-order valence-electron chi connectivity index (χ2n) is 9.64. The van der Waals surface area contributed by atoms with Crippen LogP contribution in [0.15, 0.2) is 41.5 Å². The molecule has 1 unspecified atom stereocenters. The zero-order valence-electron chi connectivity index (χ0n) is 21.8. The third-order valence-corrected chi connectivity index (χ3v) is 7.24. The molecule has 1 aromatic carbocycles. The summed E-state index contributed by atoms with van der Waals surface area (Å²) >= 11 is 0. The zero-order valence-corrected chi connectivity index (χ0v) is 21.8. The Kier molecular flexibility index (Phi) is 7.58. The predicted octanol–water partition coefficient (Wildman–Crippen LogP) is 3.59. The number of carbonyl (C=O) groups is 1. The number of aliphatic hydroxyl groups is 2. The molecular formula is C29H33N5O3. The number of aliphatic hydroxyl groups excluding tert-OH is 2. The normalized spacial score (nSPS) is 20.1. The van der Waals surface area contributed by atoms with Crippen molar-refractivity contribution in [1.82, 2.24) is 19.6 Å². The minimum atomic E-state index is -0.904. The molecule has 2 N–H and O–H groups in total. The van der Waals surface area contributed by atoms with Crippen LogP contribution in [0.1, 0.15) is 52.3 Å². The van der Waals surface area contributed by atoms with Crippen molar-refractivity contribution in [3.05, 3.63) is 80.9 Å². The van der Waals surface area contributed by atoms with E-state index >= 15 is 0 Å². The second kappa shape index (κ2) is 10.7. The number of carbonyl (C=O) groups excluding carboxylic acids is 1. The first kappa shape index (κ1) is 26.3. The molecule has 0 amide bonds. The van der Waals surface area contributed by atoms with Gasteiger partial charge in [-0.1, -0.05) is 30.3 Å². The third-order valence-electron chi connectivity index (χ3n) is 7.24. The summed E-state index contributed by atoms with van der Waals surface area (Å²) in [4.78, 5) is 13.9. The third kappa shape index (κ3) is 4.93. The Balaban J connectivity index is 1.89. The molecule has 0 bridgehead atoms. The lowest BCUT2D eigenvalue weighted by Gasteiger charge is -2.33. The molecule has 8 nitrogen and oxygen atoms in total. The largest absolute Gasteiger partial charge is 0.394 e. The first-order chi connectivity index (χ1) is 17.7. The average molecular weight is 500 g/mol. The second-order valence-corrected chi connectivity index (χ2v) is 9.64. The van der Waals surface area contributed by atoms with Gasteiger partial charge in [0, 0.05) is 33.7 Å². The van der Waals surface area contributed by atoms with Crippen LogP contribution in [0.2, 0.25) is 0 Å². The molecule has 1 saturated carbocycles. The Labute approximate surface area is 217 Å². The Morgan fingerprint density at radius 3 is 1.76 bits per heavy atom. The Morgan fingerprint density at radius 1 is 0.892 bits per heavy atom. The maximum absolute atomic E-state index is 13.9. The van der Waals surface area contributed by atoms with E-state index in [4.69, 9.17) is 0 Å². The number of hydrogen-bond donors (Lipinski definition) is 2. The van der Waals surface area contributed by atoms with E-state index in [9.17, 15) is 20.3 Å². The first-order valence-electron chi connectivity index (χ1n) is 12.5. The molecule has 2 heterocycles. The summed E-state index contributed by atoms with van der Waals surface area (Å²) < 4.78 is 3.48. The van der Waals surface area contributed by atoms with Gasteiger partial charge in [-0.15, -0.1) is 0 Å². The van der Waals surface area contributed by atoms with Crippen molar-refractivity contribution in [2.24, 2.45) is 0 Å². The monoisotopic (exact) mass is 499 g/mol. The highest BCUT2D eigenvalue weighted by Crippen LogP contribution is 2.44. The van der Waals surface area contributed by atoms with Gasteiger partial charge in [-0.2, -0.15) is 15.5 Å². The summed E-state index contributed by atoms with van der Waals surface area (Å²) in [6.07, 6.45) is 4.31. The molecule has 0 saturated heterocycles. The van der Waals surface area contributed by atoms with Crippen LogP contribution in [0.25, 0.3) is 12.2 Å². The molecular weight excluding hydrogens is 466 g/mol. The fraction of sp³-hybridized carbons (Fsp3) is 0.379. The molecule has 4 rings (SSSR count). The minimum Gasteiger partial charge on any atom is -0.394 e. The number of aryl methyl sites for hydroxylation is 2. The lowest BCUT2D eigenvalue weighted by Crippen LogP contribution is -2.33. The van der Waals surface area contributed by atoms with Gasteiger partial charge in [0.15, 0.2) is 5.78 Å². The molecule has 1 aliphatic carbocycles. The van der Waals surface area contributed by atoms with Gasteiger partial charge in [0.2, 0.25) is 0 Å². The van der Waals surface area contributed by atoms with E-state index in [0.717, 1.165) is 39.5 Å². The maximum atomic E-state index is 13.9. The van der Waals surface area contributed by atoms with Gasteiger partial charge in [-0.25, -0.2) is 0 Å². The minimum absolute atomic E-state index is 0.0298. The molecule has 3 aromatic rings. The summed E-state index contributed by atoms with van der Waals surface area (Å²) in [5.74, 6) is -0.0933.